The van der Waals surface area contributed by atoms with E-state index in [1.807, 2.05) is 30.7 Å². The Labute approximate surface area is 188 Å². The summed E-state index contributed by atoms with van der Waals surface area (Å²) in [5, 5.41) is 14.0. The van der Waals surface area contributed by atoms with Crippen molar-refractivity contribution in [3.05, 3.63) is 77.1 Å². The molecule has 2 aromatic carbocycles. The summed E-state index contributed by atoms with van der Waals surface area (Å²) < 4.78 is 7.07. The number of carbonyl (C=O) groups excluding carboxylic acids is 1. The highest BCUT2D eigenvalue weighted by Crippen LogP contribution is 2.17. The standard InChI is InChI=1S/C24H30N6O2/c1-17-15-18(2)30(29-17)22-8-6-5-7-20(22)16-28-24(25-3)27-14-13-26-23(31)19-9-11-21(32-4)12-10-19/h5-12,15H,13-14,16H2,1-4H3,(H,26,31)(H2,25,27,28). The largest absolute Gasteiger partial charge is 0.497 e. The Morgan fingerprint density at radius 1 is 1.03 bits per heavy atom. The van der Waals surface area contributed by atoms with Crippen LogP contribution in [0.25, 0.3) is 5.69 Å². The van der Waals surface area contributed by atoms with Gasteiger partial charge in [0.1, 0.15) is 5.75 Å². The van der Waals surface area contributed by atoms with Crippen molar-refractivity contribution in [2.75, 3.05) is 27.2 Å². The summed E-state index contributed by atoms with van der Waals surface area (Å²) in [6, 6.07) is 17.2. The molecule has 0 spiro atoms. The molecule has 0 saturated heterocycles. The maximum absolute atomic E-state index is 12.2. The summed E-state index contributed by atoms with van der Waals surface area (Å²) in [7, 11) is 3.32. The molecule has 1 amide bonds. The lowest BCUT2D eigenvalue weighted by Crippen LogP contribution is -2.41. The van der Waals surface area contributed by atoms with E-state index in [0.29, 0.717) is 31.2 Å². The van der Waals surface area contributed by atoms with Gasteiger partial charge in [-0.15, -0.1) is 0 Å². The number of aromatic nitrogens is 2. The first-order valence-electron chi connectivity index (χ1n) is 10.5. The van der Waals surface area contributed by atoms with Crippen molar-refractivity contribution in [3.63, 3.8) is 0 Å². The molecular weight excluding hydrogens is 404 g/mol. The maximum atomic E-state index is 12.2. The SMILES string of the molecule is CN=C(NCCNC(=O)c1ccc(OC)cc1)NCc1ccccc1-n1nc(C)cc1C. The number of aryl methyl sites for hydroxylation is 2. The lowest BCUT2D eigenvalue weighted by Gasteiger charge is -2.15. The zero-order chi connectivity index (χ0) is 22.9. The molecule has 0 fully saturated rings. The van der Waals surface area contributed by atoms with Crippen molar-refractivity contribution >= 4 is 11.9 Å². The van der Waals surface area contributed by atoms with Crippen LogP contribution in [0.15, 0.2) is 59.6 Å². The number of methoxy groups -OCH3 is 1. The third-order valence-electron chi connectivity index (χ3n) is 4.95. The molecule has 168 valence electrons. The number of ether oxygens (including phenoxy) is 1. The molecule has 8 heteroatoms. The van der Waals surface area contributed by atoms with Gasteiger partial charge in [0.05, 0.1) is 18.5 Å². The number of nitrogens with one attached hydrogen (secondary N) is 3. The quantitative estimate of drug-likeness (QED) is 0.288. The first-order valence-corrected chi connectivity index (χ1v) is 10.5. The number of hydrogen-bond donors (Lipinski definition) is 3. The van der Waals surface area contributed by atoms with E-state index in [0.717, 1.165) is 28.4 Å². The molecule has 32 heavy (non-hydrogen) atoms. The van der Waals surface area contributed by atoms with Gasteiger partial charge in [-0.05, 0) is 55.8 Å². The van der Waals surface area contributed by atoms with Crippen molar-refractivity contribution in [3.8, 4) is 11.4 Å². The average Bonchev–Trinajstić information content (AvgIpc) is 3.16. The number of nitrogens with zero attached hydrogens (tertiary/aromatic N) is 3. The molecule has 0 unspecified atom stereocenters. The molecule has 0 aliphatic carbocycles. The zero-order valence-electron chi connectivity index (χ0n) is 19.0. The molecule has 3 N–H and O–H groups in total. The van der Waals surface area contributed by atoms with Crippen molar-refractivity contribution in [2.45, 2.75) is 20.4 Å². The first kappa shape index (κ1) is 22.9. The summed E-state index contributed by atoms with van der Waals surface area (Å²) in [5.41, 5.74) is 4.81. The number of aliphatic imine (C=N–C) groups is 1. The molecular formula is C24H30N6O2. The van der Waals surface area contributed by atoms with E-state index in [2.05, 4.69) is 44.2 Å². The number of carbonyl (C=O) groups is 1. The first-order chi connectivity index (χ1) is 15.5. The van der Waals surface area contributed by atoms with E-state index in [4.69, 9.17) is 4.74 Å². The normalized spacial score (nSPS) is 11.2. The summed E-state index contributed by atoms with van der Waals surface area (Å²) in [6.07, 6.45) is 0. The second-order valence-corrected chi connectivity index (χ2v) is 7.30. The number of guanidine groups is 1. The second-order valence-electron chi connectivity index (χ2n) is 7.30. The van der Waals surface area contributed by atoms with Crippen LogP contribution in [0, 0.1) is 13.8 Å². The Morgan fingerprint density at radius 2 is 1.75 bits per heavy atom. The number of hydrogen-bond acceptors (Lipinski definition) is 4. The molecule has 0 bridgehead atoms. The average molecular weight is 435 g/mol. The van der Waals surface area contributed by atoms with Crippen molar-refractivity contribution in [2.24, 2.45) is 4.99 Å². The van der Waals surface area contributed by atoms with Crippen LogP contribution in [0.3, 0.4) is 0 Å². The Morgan fingerprint density at radius 3 is 2.41 bits per heavy atom. The lowest BCUT2D eigenvalue weighted by molar-refractivity contribution is 0.0954. The van der Waals surface area contributed by atoms with Crippen molar-refractivity contribution in [1.29, 1.82) is 0 Å². The predicted octanol–water partition coefficient (Wildman–Crippen LogP) is 2.59. The van der Waals surface area contributed by atoms with Gasteiger partial charge >= 0.3 is 0 Å². The highest BCUT2D eigenvalue weighted by atomic mass is 16.5. The van der Waals surface area contributed by atoms with Gasteiger partial charge in [-0.25, -0.2) is 4.68 Å². The van der Waals surface area contributed by atoms with Gasteiger partial charge in [0, 0.05) is 37.9 Å². The van der Waals surface area contributed by atoms with Gasteiger partial charge in [-0.2, -0.15) is 5.10 Å². The Balaban J connectivity index is 1.49. The smallest absolute Gasteiger partial charge is 0.251 e. The molecule has 3 aromatic rings. The minimum Gasteiger partial charge on any atom is -0.497 e. The van der Waals surface area contributed by atoms with E-state index < -0.39 is 0 Å². The van der Waals surface area contributed by atoms with Crippen LogP contribution in [0.2, 0.25) is 0 Å². The van der Waals surface area contributed by atoms with Crippen LogP contribution in [0.5, 0.6) is 5.75 Å². The van der Waals surface area contributed by atoms with E-state index in [1.54, 1.807) is 38.4 Å². The minimum absolute atomic E-state index is 0.129. The van der Waals surface area contributed by atoms with Gasteiger partial charge in [0.15, 0.2) is 5.96 Å². The van der Waals surface area contributed by atoms with Crippen molar-refractivity contribution < 1.29 is 9.53 Å². The zero-order valence-corrected chi connectivity index (χ0v) is 19.0. The molecule has 0 radical (unpaired) electrons. The van der Waals surface area contributed by atoms with Gasteiger partial charge < -0.3 is 20.7 Å². The fraction of sp³-hybridized carbons (Fsp3) is 0.292. The second kappa shape index (κ2) is 11.0. The molecule has 0 saturated carbocycles. The highest BCUT2D eigenvalue weighted by Gasteiger charge is 2.09. The molecule has 1 heterocycles. The molecule has 8 nitrogen and oxygen atoms in total. The van der Waals surface area contributed by atoms with Crippen molar-refractivity contribution in [1.82, 2.24) is 25.7 Å². The highest BCUT2D eigenvalue weighted by molar-refractivity contribution is 5.94. The van der Waals surface area contributed by atoms with Gasteiger partial charge in [-0.1, -0.05) is 18.2 Å². The Hall–Kier alpha value is -3.81. The third kappa shape index (κ3) is 5.87. The van der Waals surface area contributed by atoms with Crippen LogP contribution in [0.4, 0.5) is 0 Å². The number of para-hydroxylation sites is 1. The van der Waals surface area contributed by atoms with Crippen LogP contribution >= 0.6 is 0 Å². The molecule has 0 aliphatic heterocycles. The summed E-state index contributed by atoms with van der Waals surface area (Å²) in [5.74, 6) is 1.25. The number of amides is 1. The summed E-state index contributed by atoms with van der Waals surface area (Å²) in [4.78, 5) is 16.5. The fourth-order valence-electron chi connectivity index (χ4n) is 3.34. The van der Waals surface area contributed by atoms with E-state index in [-0.39, 0.29) is 5.91 Å². The topological polar surface area (TPSA) is 92.6 Å². The molecule has 1 aromatic heterocycles. The van der Waals surface area contributed by atoms with Crippen LogP contribution in [-0.4, -0.2) is 48.9 Å². The Kier molecular flexibility index (Phi) is 7.85. The minimum atomic E-state index is -0.129. The van der Waals surface area contributed by atoms with Crippen LogP contribution < -0.4 is 20.7 Å². The van der Waals surface area contributed by atoms with E-state index >= 15 is 0 Å². The van der Waals surface area contributed by atoms with E-state index in [1.165, 1.54) is 0 Å². The van der Waals surface area contributed by atoms with Crippen LogP contribution in [-0.2, 0) is 6.54 Å². The van der Waals surface area contributed by atoms with Gasteiger partial charge in [-0.3, -0.25) is 9.79 Å². The van der Waals surface area contributed by atoms with Gasteiger partial charge in [0.2, 0.25) is 0 Å². The monoisotopic (exact) mass is 434 g/mol. The van der Waals surface area contributed by atoms with E-state index in [9.17, 15) is 4.79 Å². The van der Waals surface area contributed by atoms with Gasteiger partial charge in [0.25, 0.3) is 5.91 Å². The molecule has 0 atom stereocenters. The maximum Gasteiger partial charge on any atom is 0.251 e. The number of benzene rings is 2. The number of rotatable bonds is 8. The third-order valence-corrected chi connectivity index (χ3v) is 4.95. The predicted molar refractivity (Wildman–Crippen MR) is 127 cm³/mol. The molecule has 3 rings (SSSR count). The lowest BCUT2D eigenvalue weighted by atomic mass is 10.1. The fourth-order valence-corrected chi connectivity index (χ4v) is 3.34. The molecule has 0 aliphatic rings. The Bertz CT molecular complexity index is 1070. The summed E-state index contributed by atoms with van der Waals surface area (Å²) in [6.45, 7) is 5.63. The van der Waals surface area contributed by atoms with Crippen LogP contribution in [0.1, 0.15) is 27.3 Å². The summed E-state index contributed by atoms with van der Waals surface area (Å²) >= 11 is 0.